The first-order valence-corrected chi connectivity index (χ1v) is 11.6. The smallest absolute Gasteiger partial charge is 0.139 e. The Morgan fingerprint density at radius 1 is 0.706 bits per heavy atom. The van der Waals surface area contributed by atoms with E-state index in [1.807, 2.05) is 31.7 Å². The van der Waals surface area contributed by atoms with Gasteiger partial charge < -0.3 is 9.13 Å². The number of hydrogen-bond acceptors (Lipinski definition) is 2. The number of aryl methyl sites for hydroxylation is 1. The molecule has 0 N–H and O–H groups in total. The van der Waals surface area contributed by atoms with Crippen LogP contribution in [0.2, 0.25) is 0 Å². The van der Waals surface area contributed by atoms with E-state index < -0.39 is 0 Å². The van der Waals surface area contributed by atoms with Crippen molar-refractivity contribution < 1.29 is 0 Å². The van der Waals surface area contributed by atoms with E-state index in [0.29, 0.717) is 0 Å². The summed E-state index contributed by atoms with van der Waals surface area (Å²) >= 11 is 0. The highest BCUT2D eigenvalue weighted by Gasteiger charge is 2.26. The summed E-state index contributed by atoms with van der Waals surface area (Å²) in [5, 5.41) is 2.50. The van der Waals surface area contributed by atoms with E-state index in [1.54, 1.807) is 0 Å². The Labute approximate surface area is 199 Å². The lowest BCUT2D eigenvalue weighted by molar-refractivity contribution is 0.617. The molecule has 166 valence electrons. The zero-order chi connectivity index (χ0) is 23.3. The standard InChI is InChI=1S/C30H26N4/c1-30(2,28-13-6-7-16-31-28)22-14-15-25-24-11-4-5-12-26(24)34(27(25)20-22)23-10-8-9-21(19-23)29-32-17-18-33(29)3/h4-20H,1-3H3. The summed E-state index contributed by atoms with van der Waals surface area (Å²) < 4.78 is 4.42. The first kappa shape index (κ1) is 20.4. The maximum Gasteiger partial charge on any atom is 0.139 e. The summed E-state index contributed by atoms with van der Waals surface area (Å²) in [6.45, 7) is 4.48. The van der Waals surface area contributed by atoms with Crippen LogP contribution in [-0.4, -0.2) is 19.1 Å². The number of rotatable bonds is 4. The van der Waals surface area contributed by atoms with Gasteiger partial charge in [-0.1, -0.05) is 62.4 Å². The van der Waals surface area contributed by atoms with E-state index in [4.69, 9.17) is 0 Å². The zero-order valence-corrected chi connectivity index (χ0v) is 19.6. The van der Waals surface area contributed by atoms with Crippen LogP contribution in [0, 0.1) is 0 Å². The van der Waals surface area contributed by atoms with Crippen molar-refractivity contribution in [2.75, 3.05) is 0 Å². The van der Waals surface area contributed by atoms with Gasteiger partial charge in [0, 0.05) is 53.1 Å². The third-order valence-corrected chi connectivity index (χ3v) is 6.88. The topological polar surface area (TPSA) is 35.6 Å². The van der Waals surface area contributed by atoms with E-state index in [-0.39, 0.29) is 5.41 Å². The molecular weight excluding hydrogens is 416 g/mol. The van der Waals surface area contributed by atoms with E-state index >= 15 is 0 Å². The van der Waals surface area contributed by atoms with Crippen LogP contribution in [0.5, 0.6) is 0 Å². The van der Waals surface area contributed by atoms with Gasteiger partial charge in [-0.15, -0.1) is 0 Å². The molecule has 4 heteroatoms. The number of para-hydroxylation sites is 1. The first-order valence-electron chi connectivity index (χ1n) is 11.6. The second-order valence-corrected chi connectivity index (χ2v) is 9.34. The number of fused-ring (bicyclic) bond motifs is 3. The average Bonchev–Trinajstić information content (AvgIpc) is 3.45. The van der Waals surface area contributed by atoms with Gasteiger partial charge >= 0.3 is 0 Å². The highest BCUT2D eigenvalue weighted by atomic mass is 15.0. The normalized spacial score (nSPS) is 12.0. The van der Waals surface area contributed by atoms with Gasteiger partial charge in [0.2, 0.25) is 0 Å². The number of hydrogen-bond donors (Lipinski definition) is 0. The highest BCUT2D eigenvalue weighted by Crippen LogP contribution is 2.37. The van der Waals surface area contributed by atoms with Crippen LogP contribution in [-0.2, 0) is 12.5 Å². The number of aromatic nitrogens is 4. The van der Waals surface area contributed by atoms with Gasteiger partial charge in [0.05, 0.1) is 16.7 Å². The summed E-state index contributed by atoms with van der Waals surface area (Å²) in [6, 6.07) is 30.2. The Morgan fingerprint density at radius 3 is 2.32 bits per heavy atom. The predicted molar refractivity (Wildman–Crippen MR) is 139 cm³/mol. The lowest BCUT2D eigenvalue weighted by Gasteiger charge is -2.25. The molecule has 6 rings (SSSR count). The molecule has 0 atom stereocenters. The molecule has 34 heavy (non-hydrogen) atoms. The van der Waals surface area contributed by atoms with Gasteiger partial charge in [-0.3, -0.25) is 4.98 Å². The second-order valence-electron chi connectivity index (χ2n) is 9.34. The molecule has 0 unspecified atom stereocenters. The molecule has 4 nitrogen and oxygen atoms in total. The fourth-order valence-electron chi connectivity index (χ4n) is 4.95. The number of pyridine rings is 1. The molecule has 0 spiro atoms. The van der Waals surface area contributed by atoms with Crippen molar-refractivity contribution in [2.24, 2.45) is 7.05 Å². The van der Waals surface area contributed by atoms with E-state index in [1.165, 1.54) is 27.4 Å². The molecule has 0 radical (unpaired) electrons. The molecule has 0 bridgehead atoms. The van der Waals surface area contributed by atoms with Crippen LogP contribution >= 0.6 is 0 Å². The summed E-state index contributed by atoms with van der Waals surface area (Å²) in [7, 11) is 2.03. The van der Waals surface area contributed by atoms with Crippen LogP contribution in [0.1, 0.15) is 25.1 Å². The van der Waals surface area contributed by atoms with E-state index in [0.717, 1.165) is 22.8 Å². The predicted octanol–water partition coefficient (Wildman–Crippen LogP) is 6.91. The first-order chi connectivity index (χ1) is 16.5. The third kappa shape index (κ3) is 3.14. The van der Waals surface area contributed by atoms with Crippen LogP contribution in [0.4, 0.5) is 0 Å². The molecule has 0 saturated carbocycles. The maximum absolute atomic E-state index is 4.66. The number of nitrogens with zero attached hydrogens (tertiary/aromatic N) is 4. The lowest BCUT2D eigenvalue weighted by Crippen LogP contribution is -2.20. The van der Waals surface area contributed by atoms with Crippen LogP contribution in [0.25, 0.3) is 38.9 Å². The largest absolute Gasteiger partial charge is 0.334 e. The van der Waals surface area contributed by atoms with Gasteiger partial charge in [-0.25, -0.2) is 4.98 Å². The van der Waals surface area contributed by atoms with Crippen LogP contribution in [0.15, 0.2) is 104 Å². The van der Waals surface area contributed by atoms with Crippen LogP contribution < -0.4 is 0 Å². The summed E-state index contributed by atoms with van der Waals surface area (Å²) in [4.78, 5) is 9.22. The molecule has 0 saturated heterocycles. The van der Waals surface area contributed by atoms with Crippen molar-refractivity contribution in [2.45, 2.75) is 19.3 Å². The Balaban J connectivity index is 1.61. The number of benzene rings is 3. The van der Waals surface area contributed by atoms with E-state index in [9.17, 15) is 0 Å². The summed E-state index contributed by atoms with van der Waals surface area (Å²) in [6.07, 6.45) is 5.69. The lowest BCUT2D eigenvalue weighted by atomic mass is 9.81. The number of imidazole rings is 1. The molecule has 3 heterocycles. The maximum atomic E-state index is 4.66. The molecule has 0 aliphatic heterocycles. The molecule has 3 aromatic heterocycles. The minimum Gasteiger partial charge on any atom is -0.334 e. The van der Waals surface area contributed by atoms with Crippen molar-refractivity contribution in [3.63, 3.8) is 0 Å². The van der Waals surface area contributed by atoms with Gasteiger partial charge in [0.1, 0.15) is 5.82 Å². The van der Waals surface area contributed by atoms with Crippen molar-refractivity contribution in [1.82, 2.24) is 19.1 Å². The average molecular weight is 443 g/mol. The minimum atomic E-state index is -0.217. The van der Waals surface area contributed by atoms with E-state index in [2.05, 4.69) is 112 Å². The summed E-state index contributed by atoms with van der Waals surface area (Å²) in [5.74, 6) is 0.958. The Bertz CT molecular complexity index is 1640. The van der Waals surface area contributed by atoms with Gasteiger partial charge in [0.25, 0.3) is 0 Å². The molecular formula is C30H26N4. The molecule has 0 aliphatic carbocycles. The molecule has 0 amide bonds. The monoisotopic (exact) mass is 442 g/mol. The minimum absolute atomic E-state index is 0.217. The fourth-order valence-corrected chi connectivity index (χ4v) is 4.95. The van der Waals surface area contributed by atoms with Crippen molar-refractivity contribution in [1.29, 1.82) is 0 Å². The molecule has 3 aromatic carbocycles. The Morgan fingerprint density at radius 2 is 1.53 bits per heavy atom. The molecule has 0 aliphatic rings. The van der Waals surface area contributed by atoms with Crippen molar-refractivity contribution in [3.8, 4) is 17.1 Å². The highest BCUT2D eigenvalue weighted by molar-refractivity contribution is 6.09. The molecule has 6 aromatic rings. The van der Waals surface area contributed by atoms with Crippen molar-refractivity contribution >= 4 is 21.8 Å². The quantitative estimate of drug-likeness (QED) is 0.297. The summed E-state index contributed by atoms with van der Waals surface area (Å²) in [5.41, 5.74) is 6.70. The van der Waals surface area contributed by atoms with Gasteiger partial charge in [0.15, 0.2) is 0 Å². The molecule has 0 fully saturated rings. The van der Waals surface area contributed by atoms with Crippen LogP contribution in [0.3, 0.4) is 0 Å². The van der Waals surface area contributed by atoms with Crippen molar-refractivity contribution in [3.05, 3.63) is 115 Å². The Hall–Kier alpha value is -4.18. The van der Waals surface area contributed by atoms with Gasteiger partial charge in [-0.05, 0) is 42.0 Å². The zero-order valence-electron chi connectivity index (χ0n) is 19.6. The Kier molecular flexibility index (Phi) is 4.63. The fraction of sp³-hybridized carbons (Fsp3) is 0.133. The SMILES string of the molecule is Cn1ccnc1-c1cccc(-n2c3ccccc3c3ccc(C(C)(C)c4ccccn4)cc32)c1. The van der Waals surface area contributed by atoms with Gasteiger partial charge in [-0.2, -0.15) is 0 Å². The second kappa shape index (κ2) is 7.70. The third-order valence-electron chi connectivity index (χ3n) is 6.88.